The lowest BCUT2D eigenvalue weighted by Crippen LogP contribution is -2.33. The highest BCUT2D eigenvalue weighted by atomic mass is 35.5. The predicted molar refractivity (Wildman–Crippen MR) is 49.4 cm³/mol. The Balaban J connectivity index is 3.60. The summed E-state index contributed by atoms with van der Waals surface area (Å²) in [5.41, 5.74) is 3.68. The zero-order valence-corrected chi connectivity index (χ0v) is 8.49. The van der Waals surface area contributed by atoms with Gasteiger partial charge in [0.25, 0.3) is 5.15 Å². The van der Waals surface area contributed by atoms with Crippen LogP contribution in [0.25, 0.3) is 0 Å². The van der Waals surface area contributed by atoms with E-state index in [9.17, 15) is 5.21 Å². The van der Waals surface area contributed by atoms with Crippen LogP contribution in [-0.4, -0.2) is 0 Å². The minimum atomic E-state index is 0.288. The van der Waals surface area contributed by atoms with E-state index in [0.717, 1.165) is 21.4 Å². The van der Waals surface area contributed by atoms with Gasteiger partial charge in [0, 0.05) is 18.1 Å². The first-order chi connectivity index (χ1) is 5.46. The second-order valence-electron chi connectivity index (χ2n) is 3.05. The van der Waals surface area contributed by atoms with Gasteiger partial charge in [0.1, 0.15) is 0 Å². The van der Waals surface area contributed by atoms with Gasteiger partial charge in [-0.05, 0) is 37.9 Å². The summed E-state index contributed by atoms with van der Waals surface area (Å²) in [7, 11) is 0. The maximum atomic E-state index is 11.3. The van der Waals surface area contributed by atoms with Gasteiger partial charge in [-0.3, -0.25) is 0 Å². The Labute approximate surface area is 77.4 Å². The van der Waals surface area contributed by atoms with Crippen LogP contribution in [-0.2, 0) is 0 Å². The van der Waals surface area contributed by atoms with Crippen LogP contribution < -0.4 is 4.73 Å². The monoisotopic (exact) mass is 185 g/mol. The molecule has 2 nitrogen and oxygen atoms in total. The Hall–Kier alpha value is -0.760. The van der Waals surface area contributed by atoms with Crippen molar-refractivity contribution in [2.24, 2.45) is 0 Å². The van der Waals surface area contributed by atoms with Crippen LogP contribution in [0.5, 0.6) is 0 Å². The number of hydrogen-bond acceptors (Lipinski definition) is 1. The van der Waals surface area contributed by atoms with Crippen LogP contribution in [0.2, 0.25) is 5.15 Å². The Morgan fingerprint density at radius 3 is 2.00 bits per heavy atom. The van der Waals surface area contributed by atoms with E-state index in [0.29, 0.717) is 5.69 Å². The third kappa shape index (κ3) is 1.16. The van der Waals surface area contributed by atoms with E-state index in [1.165, 1.54) is 0 Å². The predicted octanol–water partition coefficient (Wildman–Crippen LogP) is 2.21. The zero-order valence-electron chi connectivity index (χ0n) is 7.73. The first kappa shape index (κ1) is 9.33. The lowest BCUT2D eigenvalue weighted by Gasteiger charge is -2.10. The fraction of sp³-hybridized carbons (Fsp3) is 0.444. The van der Waals surface area contributed by atoms with Crippen LogP contribution in [0.4, 0.5) is 0 Å². The molecule has 0 radical (unpaired) electrons. The molecule has 1 aromatic heterocycles. The van der Waals surface area contributed by atoms with Crippen molar-refractivity contribution in [1.29, 1.82) is 0 Å². The zero-order chi connectivity index (χ0) is 9.46. The molecule has 0 amide bonds. The summed E-state index contributed by atoms with van der Waals surface area (Å²) in [4.78, 5) is 0. The molecule has 0 saturated carbocycles. The van der Waals surface area contributed by atoms with Gasteiger partial charge in [-0.2, -0.15) is 4.73 Å². The average molecular weight is 186 g/mol. The van der Waals surface area contributed by atoms with Crippen molar-refractivity contribution < 1.29 is 4.73 Å². The number of halogens is 1. The summed E-state index contributed by atoms with van der Waals surface area (Å²) < 4.78 is 0.777. The molecule has 0 aliphatic heterocycles. The summed E-state index contributed by atoms with van der Waals surface area (Å²) in [6, 6.07) is 0. The second kappa shape index (κ2) is 2.94. The molecular weight excluding hydrogens is 174 g/mol. The Morgan fingerprint density at radius 2 is 1.50 bits per heavy atom. The minimum Gasteiger partial charge on any atom is -0.617 e. The standard InChI is InChI=1S/C9H12ClNO/c1-5-6(2)8(4)11(12)9(10)7(5)3/h1-4H3. The van der Waals surface area contributed by atoms with Gasteiger partial charge in [-0.15, -0.1) is 0 Å². The van der Waals surface area contributed by atoms with E-state index < -0.39 is 0 Å². The van der Waals surface area contributed by atoms with Crippen LogP contribution in [0.3, 0.4) is 0 Å². The smallest absolute Gasteiger partial charge is 0.289 e. The Bertz CT molecular complexity index is 229. The lowest BCUT2D eigenvalue weighted by atomic mass is 10.1. The number of nitrogens with zero attached hydrogens (tertiary/aromatic N) is 1. The van der Waals surface area contributed by atoms with E-state index in [1.807, 2.05) is 20.8 Å². The molecule has 0 fully saturated rings. The van der Waals surface area contributed by atoms with Gasteiger partial charge in [0.05, 0.1) is 0 Å². The van der Waals surface area contributed by atoms with Crippen molar-refractivity contribution in [2.75, 3.05) is 0 Å². The van der Waals surface area contributed by atoms with Gasteiger partial charge in [-0.25, -0.2) is 0 Å². The molecule has 66 valence electrons. The minimum absolute atomic E-state index is 0.288. The average Bonchev–Trinajstić information content (AvgIpc) is 2.08. The van der Waals surface area contributed by atoms with Gasteiger partial charge in [0.2, 0.25) is 0 Å². The summed E-state index contributed by atoms with van der Waals surface area (Å²) in [6.45, 7) is 7.55. The van der Waals surface area contributed by atoms with Crippen LogP contribution >= 0.6 is 11.6 Å². The molecule has 12 heavy (non-hydrogen) atoms. The highest BCUT2D eigenvalue weighted by Crippen LogP contribution is 2.19. The van der Waals surface area contributed by atoms with Crippen LogP contribution in [0.1, 0.15) is 22.4 Å². The molecule has 0 spiro atoms. The van der Waals surface area contributed by atoms with Crippen molar-refractivity contribution in [1.82, 2.24) is 0 Å². The molecule has 1 aromatic rings. The number of rotatable bonds is 0. The van der Waals surface area contributed by atoms with E-state index in [-0.39, 0.29) is 5.15 Å². The SMILES string of the molecule is Cc1c(C)c(C)[n+]([O-])c(Cl)c1C. The lowest BCUT2D eigenvalue weighted by molar-refractivity contribution is -0.610. The number of hydrogen-bond donors (Lipinski definition) is 0. The summed E-state index contributed by atoms with van der Waals surface area (Å²) >= 11 is 5.81. The molecule has 1 rings (SSSR count). The highest BCUT2D eigenvalue weighted by Gasteiger charge is 2.16. The molecule has 0 bridgehead atoms. The van der Waals surface area contributed by atoms with Crippen molar-refractivity contribution in [3.8, 4) is 0 Å². The van der Waals surface area contributed by atoms with Crippen LogP contribution in [0.15, 0.2) is 0 Å². The second-order valence-corrected chi connectivity index (χ2v) is 3.40. The van der Waals surface area contributed by atoms with Gasteiger partial charge in [-0.1, -0.05) is 0 Å². The van der Waals surface area contributed by atoms with E-state index >= 15 is 0 Å². The molecule has 0 atom stereocenters. The van der Waals surface area contributed by atoms with Crippen molar-refractivity contribution in [3.63, 3.8) is 0 Å². The molecule has 0 unspecified atom stereocenters. The van der Waals surface area contributed by atoms with Gasteiger partial charge in [0.15, 0.2) is 5.69 Å². The highest BCUT2D eigenvalue weighted by molar-refractivity contribution is 6.29. The van der Waals surface area contributed by atoms with Crippen LogP contribution in [0, 0.1) is 32.9 Å². The number of pyridine rings is 1. The Morgan fingerprint density at radius 1 is 1.00 bits per heavy atom. The largest absolute Gasteiger partial charge is 0.617 e. The van der Waals surface area contributed by atoms with Crippen molar-refractivity contribution in [2.45, 2.75) is 27.7 Å². The summed E-state index contributed by atoms with van der Waals surface area (Å²) in [5.74, 6) is 0. The fourth-order valence-corrected chi connectivity index (χ4v) is 1.43. The molecule has 0 aliphatic carbocycles. The van der Waals surface area contributed by atoms with Crippen molar-refractivity contribution >= 4 is 11.6 Å². The van der Waals surface area contributed by atoms with E-state index in [4.69, 9.17) is 11.6 Å². The topological polar surface area (TPSA) is 26.9 Å². The molecule has 1 heterocycles. The molecular formula is C9H12ClNO. The molecule has 0 aliphatic rings. The summed E-state index contributed by atoms with van der Waals surface area (Å²) in [6.07, 6.45) is 0. The normalized spacial score (nSPS) is 10.4. The fourth-order valence-electron chi connectivity index (χ4n) is 1.16. The summed E-state index contributed by atoms with van der Waals surface area (Å²) in [5, 5.41) is 11.6. The molecule has 0 N–H and O–H groups in total. The van der Waals surface area contributed by atoms with E-state index in [1.54, 1.807) is 6.92 Å². The third-order valence-corrected chi connectivity index (χ3v) is 2.90. The quantitative estimate of drug-likeness (QED) is 0.346. The first-order valence-corrected chi connectivity index (χ1v) is 4.20. The van der Waals surface area contributed by atoms with Gasteiger partial charge < -0.3 is 5.21 Å². The van der Waals surface area contributed by atoms with Crippen molar-refractivity contribution in [3.05, 3.63) is 32.7 Å². The third-order valence-electron chi connectivity index (χ3n) is 2.46. The molecule has 0 aromatic carbocycles. The first-order valence-electron chi connectivity index (χ1n) is 3.82. The molecule has 0 saturated heterocycles. The van der Waals surface area contributed by atoms with E-state index in [2.05, 4.69) is 0 Å². The maximum Gasteiger partial charge on any atom is 0.289 e. The maximum absolute atomic E-state index is 11.3. The van der Waals surface area contributed by atoms with Gasteiger partial charge >= 0.3 is 0 Å². The molecule has 3 heteroatoms. The number of aromatic nitrogens is 1. The Kier molecular flexibility index (Phi) is 2.29.